The van der Waals surface area contributed by atoms with Gasteiger partial charge in [0.2, 0.25) is 15.9 Å². The number of sulfonamides is 1. The van der Waals surface area contributed by atoms with Crippen LogP contribution in [0.15, 0.2) is 48.5 Å². The lowest BCUT2D eigenvalue weighted by Gasteiger charge is -2.34. The lowest BCUT2D eigenvalue weighted by atomic mass is 10.0. The van der Waals surface area contributed by atoms with Crippen LogP contribution in [0.4, 0.5) is 5.69 Å². The molecule has 148 valence electrons. The van der Waals surface area contributed by atoms with E-state index in [0.717, 1.165) is 11.1 Å². The Morgan fingerprint density at radius 2 is 1.86 bits per heavy atom. The fourth-order valence-electron chi connectivity index (χ4n) is 4.22. The van der Waals surface area contributed by atoms with Crippen molar-refractivity contribution in [3.05, 3.63) is 48.5 Å². The first-order chi connectivity index (χ1) is 13.5. The van der Waals surface area contributed by atoms with Gasteiger partial charge < -0.3 is 9.64 Å². The molecule has 2 saturated heterocycles. The smallest absolute Gasteiger partial charge is 0.245 e. The number of carbonyl (C=O) groups is 1. The van der Waals surface area contributed by atoms with E-state index in [2.05, 4.69) is 0 Å². The Bertz CT molecular complexity index is 991. The molecule has 2 aliphatic rings. The molecular weight excluding hydrogens is 376 g/mol. The largest absolute Gasteiger partial charge is 0.495 e. The third-order valence-electron chi connectivity index (χ3n) is 5.49. The summed E-state index contributed by atoms with van der Waals surface area (Å²) in [5.74, 6) is 0.527. The van der Waals surface area contributed by atoms with E-state index >= 15 is 0 Å². The van der Waals surface area contributed by atoms with Gasteiger partial charge in [0.1, 0.15) is 11.8 Å². The Balaban J connectivity index is 1.69. The van der Waals surface area contributed by atoms with Crippen molar-refractivity contribution in [3.8, 4) is 16.9 Å². The summed E-state index contributed by atoms with van der Waals surface area (Å²) in [5, 5.41) is 0. The number of anilines is 1. The lowest BCUT2D eigenvalue weighted by molar-refractivity contribution is -0.121. The van der Waals surface area contributed by atoms with Gasteiger partial charge in [-0.15, -0.1) is 0 Å². The molecule has 0 aliphatic carbocycles. The maximum absolute atomic E-state index is 13.1. The van der Waals surface area contributed by atoms with Crippen LogP contribution in [0, 0.1) is 0 Å². The molecular formula is C21H24N2O4S. The fourth-order valence-corrected chi connectivity index (χ4v) is 5.94. The monoisotopic (exact) mass is 400 g/mol. The second-order valence-corrected chi connectivity index (χ2v) is 9.29. The molecule has 2 fully saturated rings. The van der Waals surface area contributed by atoms with E-state index in [0.29, 0.717) is 30.8 Å². The molecule has 0 aromatic heterocycles. The molecule has 0 spiro atoms. The molecule has 2 bridgehead atoms. The summed E-state index contributed by atoms with van der Waals surface area (Å²) in [6, 6.07) is 15.0. The molecule has 1 amide bonds. The predicted octanol–water partition coefficient (Wildman–Crippen LogP) is 2.89. The van der Waals surface area contributed by atoms with Crippen LogP contribution in [0.5, 0.6) is 5.75 Å². The highest BCUT2D eigenvalue weighted by molar-refractivity contribution is 7.89. The quantitative estimate of drug-likeness (QED) is 0.748. The molecule has 2 atom stereocenters. The van der Waals surface area contributed by atoms with Crippen LogP contribution in [0.3, 0.4) is 0 Å². The number of hydrogen-bond acceptors (Lipinski definition) is 4. The molecule has 0 unspecified atom stereocenters. The second-order valence-electron chi connectivity index (χ2n) is 7.25. The summed E-state index contributed by atoms with van der Waals surface area (Å²) < 4.78 is 31.9. The average molecular weight is 401 g/mol. The summed E-state index contributed by atoms with van der Waals surface area (Å²) >= 11 is 0. The molecule has 6 nitrogen and oxygen atoms in total. The minimum atomic E-state index is -3.39. The lowest BCUT2D eigenvalue weighted by Crippen LogP contribution is -2.53. The minimum Gasteiger partial charge on any atom is -0.495 e. The Morgan fingerprint density at radius 3 is 2.50 bits per heavy atom. The number of hydrogen-bond donors (Lipinski definition) is 0. The maximum Gasteiger partial charge on any atom is 0.245 e. The van der Waals surface area contributed by atoms with E-state index in [-0.39, 0.29) is 17.7 Å². The Labute approximate surface area is 165 Å². The fraction of sp³-hybridized carbons (Fsp3) is 0.381. The topological polar surface area (TPSA) is 66.9 Å². The minimum absolute atomic E-state index is 0.0797. The Morgan fingerprint density at radius 1 is 1.11 bits per heavy atom. The first-order valence-corrected chi connectivity index (χ1v) is 11.1. The average Bonchev–Trinajstić information content (AvgIpc) is 3.27. The first-order valence-electron chi connectivity index (χ1n) is 9.52. The number of nitrogens with zero attached hydrogens (tertiary/aromatic N) is 2. The van der Waals surface area contributed by atoms with Gasteiger partial charge in [0, 0.05) is 6.54 Å². The van der Waals surface area contributed by atoms with Gasteiger partial charge in [0.25, 0.3) is 0 Å². The maximum atomic E-state index is 13.1. The number of amides is 1. The molecule has 2 aliphatic heterocycles. The van der Waals surface area contributed by atoms with Crippen LogP contribution in [0.25, 0.3) is 11.1 Å². The number of fused-ring (bicyclic) bond motifs is 2. The molecule has 0 radical (unpaired) electrons. The summed E-state index contributed by atoms with van der Waals surface area (Å²) in [7, 11) is -1.81. The summed E-state index contributed by atoms with van der Waals surface area (Å²) in [5.41, 5.74) is 2.74. The van der Waals surface area contributed by atoms with Crippen LogP contribution in [0.2, 0.25) is 0 Å². The number of piperazine rings is 1. The highest BCUT2D eigenvalue weighted by Gasteiger charge is 2.54. The van der Waals surface area contributed by atoms with Crippen molar-refractivity contribution in [2.45, 2.75) is 31.8 Å². The van der Waals surface area contributed by atoms with Crippen molar-refractivity contribution >= 4 is 21.6 Å². The number of carbonyl (C=O) groups excluding carboxylic acids is 1. The number of methoxy groups -OCH3 is 1. The highest BCUT2D eigenvalue weighted by atomic mass is 32.2. The zero-order valence-electron chi connectivity index (χ0n) is 16.0. The van der Waals surface area contributed by atoms with Crippen molar-refractivity contribution in [3.63, 3.8) is 0 Å². The molecule has 0 saturated carbocycles. The molecule has 2 aromatic carbocycles. The normalized spacial score (nSPS) is 22.1. The summed E-state index contributed by atoms with van der Waals surface area (Å²) in [4.78, 5) is 14.8. The molecule has 2 heterocycles. The van der Waals surface area contributed by atoms with Crippen LogP contribution < -0.4 is 9.64 Å². The standard InChI is InChI=1S/C21H24N2O4S/c1-3-11-28(25,26)22-14-17-13-19(22)21(24)23(17)18-12-16(9-10-20(18)27-2)15-7-5-4-6-8-15/h4-10,12,17,19H,3,11,13-14H2,1-2H3/t17-,19-/m0/s1. The van der Waals surface area contributed by atoms with Gasteiger partial charge in [-0.25, -0.2) is 8.42 Å². The van der Waals surface area contributed by atoms with Crippen LogP contribution in [-0.4, -0.2) is 50.1 Å². The van der Waals surface area contributed by atoms with E-state index in [1.807, 2.05) is 55.5 Å². The molecule has 0 N–H and O–H groups in total. The van der Waals surface area contributed by atoms with Crippen LogP contribution in [-0.2, 0) is 14.8 Å². The van der Waals surface area contributed by atoms with E-state index in [1.165, 1.54) is 4.31 Å². The van der Waals surface area contributed by atoms with Crippen molar-refractivity contribution in [1.29, 1.82) is 0 Å². The highest BCUT2D eigenvalue weighted by Crippen LogP contribution is 2.42. The van der Waals surface area contributed by atoms with E-state index in [1.54, 1.807) is 12.0 Å². The van der Waals surface area contributed by atoms with Gasteiger partial charge in [0.15, 0.2) is 0 Å². The molecule has 4 rings (SSSR count). The summed E-state index contributed by atoms with van der Waals surface area (Å²) in [6.45, 7) is 2.18. The van der Waals surface area contributed by atoms with Crippen molar-refractivity contribution in [2.75, 3.05) is 24.3 Å². The molecule has 28 heavy (non-hydrogen) atoms. The predicted molar refractivity (Wildman–Crippen MR) is 109 cm³/mol. The van der Waals surface area contributed by atoms with E-state index in [4.69, 9.17) is 4.74 Å². The zero-order chi connectivity index (χ0) is 19.9. The van der Waals surface area contributed by atoms with Gasteiger partial charge in [0.05, 0.1) is 24.6 Å². The van der Waals surface area contributed by atoms with Gasteiger partial charge in [-0.05, 0) is 36.1 Å². The number of benzene rings is 2. The summed E-state index contributed by atoms with van der Waals surface area (Å²) in [6.07, 6.45) is 1.07. The zero-order valence-corrected chi connectivity index (χ0v) is 16.9. The third-order valence-corrected chi connectivity index (χ3v) is 7.53. The van der Waals surface area contributed by atoms with Crippen molar-refractivity contribution < 1.29 is 17.9 Å². The first kappa shape index (κ1) is 19.0. The van der Waals surface area contributed by atoms with Gasteiger partial charge >= 0.3 is 0 Å². The van der Waals surface area contributed by atoms with Gasteiger partial charge in [-0.3, -0.25) is 4.79 Å². The number of rotatable bonds is 6. The SMILES string of the molecule is CCCS(=O)(=O)N1C[C@@H]2C[C@H]1C(=O)N2c1cc(-c2ccccc2)ccc1OC. The van der Waals surface area contributed by atoms with Crippen LogP contribution >= 0.6 is 0 Å². The van der Waals surface area contributed by atoms with E-state index in [9.17, 15) is 13.2 Å². The molecule has 2 aromatic rings. The number of ether oxygens (including phenoxy) is 1. The van der Waals surface area contributed by atoms with Gasteiger partial charge in [-0.2, -0.15) is 4.31 Å². The van der Waals surface area contributed by atoms with Crippen molar-refractivity contribution in [2.24, 2.45) is 0 Å². The van der Waals surface area contributed by atoms with Crippen LogP contribution in [0.1, 0.15) is 19.8 Å². The second kappa shape index (κ2) is 7.22. The van der Waals surface area contributed by atoms with Gasteiger partial charge in [-0.1, -0.05) is 43.3 Å². The van der Waals surface area contributed by atoms with Crippen molar-refractivity contribution in [1.82, 2.24) is 4.31 Å². The third kappa shape index (κ3) is 3.08. The Hall–Kier alpha value is -2.38. The Kier molecular flexibility index (Phi) is 4.89. The van der Waals surface area contributed by atoms with E-state index < -0.39 is 16.1 Å². The molecule has 7 heteroatoms.